The summed E-state index contributed by atoms with van der Waals surface area (Å²) >= 11 is 0. The van der Waals surface area contributed by atoms with E-state index in [-0.39, 0.29) is 4.90 Å². The second-order valence-corrected chi connectivity index (χ2v) is 7.57. The van der Waals surface area contributed by atoms with Gasteiger partial charge in [-0.1, -0.05) is 76.5 Å². The minimum Gasteiger partial charge on any atom is -0.148 e. The lowest BCUT2D eigenvalue weighted by Gasteiger charge is -2.01. The van der Waals surface area contributed by atoms with Crippen LogP contribution >= 0.6 is 0 Å². The minimum absolute atomic E-state index is 0.208. The third kappa shape index (κ3) is 9.87. The number of unbranched alkanes of at least 4 members (excludes halogenated alkanes) is 9. The van der Waals surface area contributed by atoms with Gasteiger partial charge in [-0.25, -0.2) is 0 Å². The van der Waals surface area contributed by atoms with Crippen molar-refractivity contribution in [1.82, 2.24) is 0 Å². The number of quaternary nitrogens is 1. The van der Waals surface area contributed by atoms with Crippen molar-refractivity contribution in [2.75, 3.05) is 6.54 Å². The van der Waals surface area contributed by atoms with Crippen molar-refractivity contribution in [3.05, 3.63) is 30.3 Å². The maximum absolute atomic E-state index is 11.9. The van der Waals surface area contributed by atoms with Crippen molar-refractivity contribution in [3.63, 3.8) is 0 Å². The van der Waals surface area contributed by atoms with Gasteiger partial charge in [-0.05, 0) is 29.2 Å². The van der Waals surface area contributed by atoms with Crippen molar-refractivity contribution < 1.29 is 18.5 Å². The molecule has 0 saturated carbocycles. The van der Waals surface area contributed by atoms with Crippen LogP contribution < -0.4 is 5.48 Å². The van der Waals surface area contributed by atoms with Crippen LogP contribution in [0.3, 0.4) is 0 Å². The fraction of sp³-hybridized carbons (Fsp3) is 0.667. The van der Waals surface area contributed by atoms with Crippen molar-refractivity contribution in [2.45, 2.75) is 76.0 Å². The van der Waals surface area contributed by atoms with E-state index < -0.39 is 10.5 Å². The largest absolute Gasteiger partial charge is 0.482 e. The average molecular weight is 343 g/mol. The van der Waals surface area contributed by atoms with E-state index in [0.717, 1.165) is 12.8 Å². The summed E-state index contributed by atoms with van der Waals surface area (Å²) in [5.74, 6) is 0. The van der Waals surface area contributed by atoms with Gasteiger partial charge in [0.25, 0.3) is 0 Å². The molecule has 0 aliphatic heterocycles. The molecule has 0 fully saturated rings. The molecule has 1 aromatic rings. The summed E-state index contributed by atoms with van der Waals surface area (Å²) in [6.45, 7) is 2.92. The molecule has 0 aliphatic carbocycles. The van der Waals surface area contributed by atoms with E-state index in [1.54, 1.807) is 30.3 Å². The van der Waals surface area contributed by atoms with E-state index in [2.05, 4.69) is 6.92 Å². The van der Waals surface area contributed by atoms with Crippen LogP contribution in [0, 0.1) is 0 Å². The predicted octanol–water partition coefficient (Wildman–Crippen LogP) is 4.22. The Labute approximate surface area is 142 Å². The Hall–Kier alpha value is -0.750. The average Bonchev–Trinajstić information content (AvgIpc) is 2.56. The van der Waals surface area contributed by atoms with Crippen LogP contribution in [0.4, 0.5) is 0 Å². The van der Waals surface area contributed by atoms with E-state index >= 15 is 0 Å². The Balaban J connectivity index is 1.94. The first-order chi connectivity index (χ1) is 11.2. The highest BCUT2D eigenvalue weighted by Gasteiger charge is 2.37. The summed E-state index contributed by atoms with van der Waals surface area (Å²) in [7, 11) is -3.63. The molecule has 5 heteroatoms. The van der Waals surface area contributed by atoms with Gasteiger partial charge < -0.3 is 0 Å². The molecule has 1 radical (unpaired) electrons. The molecule has 0 saturated heterocycles. The number of rotatable bonds is 14. The molecule has 0 amide bonds. The number of hydrogen-bond acceptors (Lipinski definition) is 2. The fourth-order valence-corrected chi connectivity index (χ4v) is 3.37. The number of benzene rings is 1. The first-order valence-electron chi connectivity index (χ1n) is 8.97. The van der Waals surface area contributed by atoms with E-state index in [1.807, 2.05) is 0 Å². The van der Waals surface area contributed by atoms with Crippen molar-refractivity contribution >= 4 is 10.5 Å². The Bertz CT molecular complexity index is 439. The molecule has 0 heterocycles. The maximum Gasteiger partial charge on any atom is 0.482 e. The van der Waals surface area contributed by atoms with Crippen LogP contribution in [-0.2, 0) is 23.5 Å². The lowest BCUT2D eigenvalue weighted by Crippen LogP contribution is -2.84. The van der Waals surface area contributed by atoms with Crippen molar-refractivity contribution in [2.24, 2.45) is 0 Å². The minimum atomic E-state index is -3.63. The van der Waals surface area contributed by atoms with Gasteiger partial charge >= 0.3 is 10.5 Å². The van der Waals surface area contributed by atoms with E-state index in [9.17, 15) is 8.76 Å². The standard InChI is InChI=1S/C18H31NO3S/c1-2-3-4-5-6-7-8-9-10-14-17-19-22-23(20,21)18-15-12-11-13-16-18/h11-13,15-16,19H,2-10,14,17H2,1H3/q+1/p+1. The second-order valence-electron chi connectivity index (χ2n) is 6.00. The van der Waals surface area contributed by atoms with Gasteiger partial charge in [0.05, 0.1) is 8.84 Å². The molecule has 1 unspecified atom stereocenters. The Morgan fingerprint density at radius 2 is 1.39 bits per heavy atom. The van der Waals surface area contributed by atoms with Crippen LogP contribution in [0.25, 0.3) is 0 Å². The molecule has 0 aromatic heterocycles. The molecule has 1 rings (SSSR count). The smallest absolute Gasteiger partial charge is 0.148 e. The monoisotopic (exact) mass is 342 g/mol. The first-order valence-corrected chi connectivity index (χ1v) is 10.4. The van der Waals surface area contributed by atoms with Crippen LogP contribution in [0.2, 0.25) is 0 Å². The molecule has 1 aromatic carbocycles. The van der Waals surface area contributed by atoms with Gasteiger partial charge in [-0.15, -0.1) is 5.48 Å². The van der Waals surface area contributed by atoms with Gasteiger partial charge in [0, 0.05) is 0 Å². The highest BCUT2D eigenvalue weighted by atomic mass is 32.3. The zero-order valence-electron chi connectivity index (χ0n) is 14.4. The summed E-state index contributed by atoms with van der Waals surface area (Å²) in [6, 6.07) is 8.26. The molecule has 131 valence electrons. The van der Waals surface area contributed by atoms with Crippen molar-refractivity contribution in [1.29, 1.82) is 0 Å². The normalized spacial score (nSPS) is 13.8. The highest BCUT2D eigenvalue weighted by molar-refractivity contribution is 7.92. The molecular weight excluding hydrogens is 310 g/mol. The van der Waals surface area contributed by atoms with Crippen LogP contribution in [0.15, 0.2) is 35.2 Å². The Morgan fingerprint density at radius 3 is 1.96 bits per heavy atom. The summed E-state index contributed by atoms with van der Waals surface area (Å²) in [4.78, 5) is 0.208. The fourth-order valence-electron chi connectivity index (χ4n) is 2.50. The lowest BCUT2D eigenvalue weighted by molar-refractivity contribution is -0.860. The van der Waals surface area contributed by atoms with Crippen LogP contribution in [-0.4, -0.2) is 6.54 Å². The number of hydroxylamine groups is 1. The number of hydrogen-bond donors (Lipinski definition) is 1. The van der Waals surface area contributed by atoms with Gasteiger partial charge in [0.15, 0.2) is 0 Å². The third-order valence-corrected chi connectivity index (χ3v) is 5.14. The lowest BCUT2D eigenvalue weighted by atomic mass is 10.1. The summed E-state index contributed by atoms with van der Waals surface area (Å²) in [5.41, 5.74) is 1.42. The highest BCUT2D eigenvalue weighted by Crippen LogP contribution is 2.15. The van der Waals surface area contributed by atoms with Crippen LogP contribution in [0.1, 0.15) is 71.1 Å². The molecule has 0 bridgehead atoms. The van der Waals surface area contributed by atoms with Crippen molar-refractivity contribution in [3.8, 4) is 0 Å². The quantitative estimate of drug-likeness (QED) is 0.312. The first kappa shape index (κ1) is 20.3. The summed E-state index contributed by atoms with van der Waals surface area (Å²) < 4.78 is 28.7. The topological polar surface area (TPSA) is 62.8 Å². The molecule has 0 aliphatic rings. The zero-order valence-corrected chi connectivity index (χ0v) is 15.2. The van der Waals surface area contributed by atoms with E-state index in [1.165, 1.54) is 56.8 Å². The Morgan fingerprint density at radius 1 is 0.870 bits per heavy atom. The zero-order chi connectivity index (χ0) is 16.8. The molecule has 1 atom stereocenters. The van der Waals surface area contributed by atoms with E-state index in [0.29, 0.717) is 6.54 Å². The Kier molecular flexibility index (Phi) is 11.2. The van der Waals surface area contributed by atoms with Gasteiger partial charge in [0.1, 0.15) is 6.54 Å². The predicted molar refractivity (Wildman–Crippen MR) is 93.2 cm³/mol. The van der Waals surface area contributed by atoms with Gasteiger partial charge in [0.2, 0.25) is 4.90 Å². The molecule has 23 heavy (non-hydrogen) atoms. The molecule has 2 N–H and O–H groups in total. The molecule has 0 spiro atoms. The van der Waals surface area contributed by atoms with Gasteiger partial charge in [-0.2, -0.15) is 0 Å². The van der Waals surface area contributed by atoms with Gasteiger partial charge in [-0.3, -0.25) is 0 Å². The molecule has 4 nitrogen and oxygen atoms in total. The summed E-state index contributed by atoms with van der Waals surface area (Å²) in [5, 5.41) is 0. The maximum atomic E-state index is 11.9. The summed E-state index contributed by atoms with van der Waals surface area (Å²) in [6.07, 6.45) is 12.7. The SMILES string of the molecule is CCCCCCCCCCCC[NH2+]O[S+]([O])(=O)c1ccccc1. The number of nitrogens with two attached hydrogens (primary N) is 1. The third-order valence-electron chi connectivity index (χ3n) is 3.90. The molecular formula is C18H32NO3S+2. The second kappa shape index (κ2) is 12.6. The van der Waals surface area contributed by atoms with E-state index in [4.69, 9.17) is 4.28 Å². The van der Waals surface area contributed by atoms with Crippen LogP contribution in [0.5, 0.6) is 0 Å².